The second kappa shape index (κ2) is 9.29. The maximum absolute atomic E-state index is 9.29. The van der Waals surface area contributed by atoms with Crippen LogP contribution in [0.1, 0.15) is 22.9 Å². The first-order valence-corrected chi connectivity index (χ1v) is 12.9. The van der Waals surface area contributed by atoms with E-state index in [4.69, 9.17) is 9.41 Å². The molecule has 0 saturated carbocycles. The summed E-state index contributed by atoms with van der Waals surface area (Å²) in [5, 5.41) is 17.1. The lowest BCUT2D eigenvalue weighted by Crippen LogP contribution is -2.14. The zero-order valence-electron chi connectivity index (χ0n) is 21.3. The molecule has 0 fully saturated rings. The Bertz CT molecular complexity index is 2090. The fourth-order valence-corrected chi connectivity index (χ4v) is 5.51. The predicted octanol–water partition coefficient (Wildman–Crippen LogP) is 7.89. The molecule has 1 N–H and O–H groups in total. The zero-order chi connectivity index (χ0) is 26.3. The van der Waals surface area contributed by atoms with Crippen LogP contribution in [-0.4, -0.2) is 17.8 Å². The summed E-state index contributed by atoms with van der Waals surface area (Å²) in [6.45, 7) is 0. The summed E-state index contributed by atoms with van der Waals surface area (Å²) in [6.07, 6.45) is 1.62. The minimum Gasteiger partial charge on any atom is -0.454 e. The van der Waals surface area contributed by atoms with E-state index in [1.54, 1.807) is 6.07 Å². The topological polar surface area (TPSA) is 66.2 Å². The molecule has 2 heterocycles. The van der Waals surface area contributed by atoms with E-state index in [0.717, 1.165) is 55.2 Å². The van der Waals surface area contributed by atoms with Gasteiger partial charge in [0.25, 0.3) is 0 Å². The summed E-state index contributed by atoms with van der Waals surface area (Å²) in [5.74, 6) is 0. The Kier molecular flexibility index (Phi) is 5.47. The average Bonchev–Trinajstić information content (AvgIpc) is 3.54. The van der Waals surface area contributed by atoms with Crippen LogP contribution in [0.4, 0.5) is 0 Å². The summed E-state index contributed by atoms with van der Waals surface area (Å²) in [5.41, 5.74) is 7.52. The highest BCUT2D eigenvalue weighted by atomic mass is 16.3. The number of nitrogens with one attached hydrogen (secondary N) is 1. The number of benzene rings is 5. The van der Waals surface area contributed by atoms with Gasteiger partial charge in [0.05, 0.1) is 22.7 Å². The van der Waals surface area contributed by atoms with Gasteiger partial charge in [-0.25, -0.2) is 0 Å². The van der Waals surface area contributed by atoms with E-state index in [-0.39, 0.29) is 6.17 Å². The normalized spacial score (nSPS) is 12.6. The maximum atomic E-state index is 9.29. The molecule has 0 amide bonds. The van der Waals surface area contributed by atoms with Crippen LogP contribution in [0, 0.1) is 11.3 Å². The number of aromatic nitrogens is 1. The molecule has 1 unspecified atom stereocenters. The number of hydrogen-bond donors (Lipinski definition) is 1. The summed E-state index contributed by atoms with van der Waals surface area (Å²) >= 11 is 0. The standard InChI is InChI=1S/C34H24N4O/c1-36-34(24-10-6-8-22(18-24)20-35)37-21-23-9-7-11-25(19-23)38-30-14-4-2-12-26(30)28-16-17-29-27-13-3-5-15-31(27)39-33(29)32(28)38/h2-19,21,34,36H,1H3. The number of aliphatic imine (C=N–C) groups is 1. The van der Waals surface area contributed by atoms with Crippen LogP contribution in [0.15, 0.2) is 119 Å². The summed E-state index contributed by atoms with van der Waals surface area (Å²) < 4.78 is 8.76. The Morgan fingerprint density at radius 3 is 2.49 bits per heavy atom. The number of furan rings is 1. The van der Waals surface area contributed by atoms with E-state index in [1.165, 1.54) is 5.39 Å². The van der Waals surface area contributed by atoms with Gasteiger partial charge in [-0.3, -0.25) is 10.3 Å². The second-order valence-corrected chi connectivity index (χ2v) is 9.59. The fourth-order valence-electron chi connectivity index (χ4n) is 5.51. The summed E-state index contributed by atoms with van der Waals surface area (Å²) in [4.78, 5) is 4.81. The SMILES string of the molecule is CNC(N=Cc1cccc(-n2c3ccccc3c3ccc4c5ccccc5oc4c32)c1)c1cccc(C#N)c1. The lowest BCUT2D eigenvalue weighted by Gasteiger charge is -2.12. The molecule has 2 aromatic heterocycles. The van der Waals surface area contributed by atoms with Crippen molar-refractivity contribution in [3.8, 4) is 11.8 Å². The van der Waals surface area contributed by atoms with Crippen molar-refractivity contribution in [1.82, 2.24) is 9.88 Å². The molecule has 0 aliphatic carbocycles. The zero-order valence-corrected chi connectivity index (χ0v) is 21.3. The third kappa shape index (κ3) is 3.78. The summed E-state index contributed by atoms with van der Waals surface area (Å²) in [7, 11) is 1.87. The summed E-state index contributed by atoms with van der Waals surface area (Å²) in [6, 6.07) is 39.2. The van der Waals surface area contributed by atoms with Gasteiger partial charge in [0.2, 0.25) is 0 Å². The molecule has 5 aromatic carbocycles. The van der Waals surface area contributed by atoms with Gasteiger partial charge < -0.3 is 8.98 Å². The Labute approximate surface area is 225 Å². The highest BCUT2D eigenvalue weighted by Crippen LogP contribution is 2.40. The third-order valence-corrected chi connectivity index (χ3v) is 7.29. The second-order valence-electron chi connectivity index (χ2n) is 9.59. The maximum Gasteiger partial charge on any atom is 0.160 e. The van der Waals surface area contributed by atoms with Crippen molar-refractivity contribution < 1.29 is 4.42 Å². The molecule has 0 bridgehead atoms. The molecule has 0 aliphatic rings. The van der Waals surface area contributed by atoms with Crippen LogP contribution < -0.4 is 5.32 Å². The van der Waals surface area contributed by atoms with Crippen molar-refractivity contribution in [2.45, 2.75) is 6.17 Å². The Morgan fingerprint density at radius 1 is 0.821 bits per heavy atom. The van der Waals surface area contributed by atoms with Gasteiger partial charge in [-0.05, 0) is 60.6 Å². The molecular formula is C34H24N4O. The van der Waals surface area contributed by atoms with Gasteiger partial charge >= 0.3 is 0 Å². The van der Waals surface area contributed by atoms with Crippen LogP contribution in [0.5, 0.6) is 0 Å². The largest absolute Gasteiger partial charge is 0.454 e. The van der Waals surface area contributed by atoms with Crippen molar-refractivity contribution in [1.29, 1.82) is 5.26 Å². The van der Waals surface area contributed by atoms with E-state index in [9.17, 15) is 5.26 Å². The third-order valence-electron chi connectivity index (χ3n) is 7.29. The van der Waals surface area contributed by atoms with E-state index in [1.807, 2.05) is 43.6 Å². The first kappa shape index (κ1) is 23.0. The van der Waals surface area contributed by atoms with Crippen molar-refractivity contribution in [3.05, 3.63) is 126 Å². The number of nitrogens with zero attached hydrogens (tertiary/aromatic N) is 3. The first-order chi connectivity index (χ1) is 19.2. The van der Waals surface area contributed by atoms with Gasteiger partial charge in [0, 0.05) is 33.4 Å². The minimum absolute atomic E-state index is 0.259. The molecule has 186 valence electrons. The molecule has 7 aromatic rings. The van der Waals surface area contributed by atoms with Gasteiger partial charge in [-0.15, -0.1) is 0 Å². The van der Waals surface area contributed by atoms with Crippen LogP contribution in [0.2, 0.25) is 0 Å². The molecular weight excluding hydrogens is 480 g/mol. The Hall–Kier alpha value is -5.18. The smallest absolute Gasteiger partial charge is 0.160 e. The number of rotatable bonds is 5. The van der Waals surface area contributed by atoms with E-state index in [2.05, 4.69) is 88.7 Å². The Balaban J connectivity index is 1.40. The number of fused-ring (bicyclic) bond motifs is 7. The van der Waals surface area contributed by atoms with Crippen molar-refractivity contribution in [3.63, 3.8) is 0 Å². The van der Waals surface area contributed by atoms with Crippen LogP contribution >= 0.6 is 0 Å². The quantitative estimate of drug-likeness (QED) is 0.242. The molecule has 5 nitrogen and oxygen atoms in total. The van der Waals surface area contributed by atoms with Crippen LogP contribution in [0.25, 0.3) is 49.4 Å². The molecule has 5 heteroatoms. The lowest BCUT2D eigenvalue weighted by atomic mass is 10.1. The number of para-hydroxylation sites is 2. The van der Waals surface area contributed by atoms with Gasteiger partial charge in [0.1, 0.15) is 11.7 Å². The molecule has 7 rings (SSSR count). The first-order valence-electron chi connectivity index (χ1n) is 12.9. The van der Waals surface area contributed by atoms with Crippen molar-refractivity contribution in [2.75, 3.05) is 7.05 Å². The molecule has 1 atom stereocenters. The van der Waals surface area contributed by atoms with Gasteiger partial charge in [0.15, 0.2) is 5.58 Å². The van der Waals surface area contributed by atoms with Crippen LogP contribution in [-0.2, 0) is 0 Å². The van der Waals surface area contributed by atoms with Gasteiger partial charge in [-0.2, -0.15) is 5.26 Å². The number of nitriles is 1. The van der Waals surface area contributed by atoms with Crippen molar-refractivity contribution in [2.24, 2.45) is 4.99 Å². The molecule has 0 radical (unpaired) electrons. The minimum atomic E-state index is -0.259. The van der Waals surface area contributed by atoms with Crippen molar-refractivity contribution >= 4 is 50.0 Å². The van der Waals surface area contributed by atoms with Gasteiger partial charge in [-0.1, -0.05) is 66.7 Å². The number of hydrogen-bond acceptors (Lipinski definition) is 4. The van der Waals surface area contributed by atoms with Crippen LogP contribution in [0.3, 0.4) is 0 Å². The highest BCUT2D eigenvalue weighted by molar-refractivity contribution is 6.21. The highest BCUT2D eigenvalue weighted by Gasteiger charge is 2.18. The lowest BCUT2D eigenvalue weighted by molar-refractivity contribution is 0.627. The fraction of sp³-hybridized carbons (Fsp3) is 0.0588. The predicted molar refractivity (Wildman–Crippen MR) is 159 cm³/mol. The molecule has 0 saturated heterocycles. The average molecular weight is 505 g/mol. The molecule has 0 spiro atoms. The van der Waals surface area contributed by atoms with E-state index in [0.29, 0.717) is 5.56 Å². The molecule has 0 aliphatic heterocycles. The monoisotopic (exact) mass is 504 g/mol. The van der Waals surface area contributed by atoms with E-state index >= 15 is 0 Å². The van der Waals surface area contributed by atoms with E-state index < -0.39 is 0 Å². The molecule has 39 heavy (non-hydrogen) atoms. The Morgan fingerprint density at radius 2 is 1.62 bits per heavy atom.